The number of rotatable bonds is 13. The summed E-state index contributed by atoms with van der Waals surface area (Å²) in [6.07, 6.45) is 11.8. The maximum atomic E-state index is 11.3. The van der Waals surface area contributed by atoms with Gasteiger partial charge < -0.3 is 5.11 Å². The summed E-state index contributed by atoms with van der Waals surface area (Å²) in [6.45, 7) is 6.69. The lowest BCUT2D eigenvalue weighted by molar-refractivity contribution is 0.0196. The second-order valence-corrected chi connectivity index (χ2v) is 8.21. The van der Waals surface area contributed by atoms with E-state index in [9.17, 15) is 5.11 Å². The summed E-state index contributed by atoms with van der Waals surface area (Å²) in [7, 11) is 0. The molecule has 0 aliphatic carbocycles. The smallest absolute Gasteiger partial charge is 0.0766 e. The lowest BCUT2D eigenvalue weighted by Crippen LogP contribution is -2.38. The number of hydrogen-bond acceptors (Lipinski definition) is 2. The predicted molar refractivity (Wildman–Crippen MR) is 104 cm³/mol. The summed E-state index contributed by atoms with van der Waals surface area (Å²) < 4.78 is 0. The molecule has 0 radical (unpaired) electrons. The summed E-state index contributed by atoms with van der Waals surface area (Å²) in [4.78, 5) is 1.26. The van der Waals surface area contributed by atoms with Crippen LogP contribution < -0.4 is 0 Å². The van der Waals surface area contributed by atoms with Gasteiger partial charge in [0.25, 0.3) is 0 Å². The number of aliphatic hydroxyl groups is 1. The van der Waals surface area contributed by atoms with Crippen LogP contribution in [0.3, 0.4) is 0 Å². The third kappa shape index (κ3) is 8.26. The van der Waals surface area contributed by atoms with Gasteiger partial charge in [-0.25, -0.2) is 0 Å². The molecular formula is C21H36OS. The fourth-order valence-electron chi connectivity index (χ4n) is 3.06. The maximum Gasteiger partial charge on any atom is 0.0766 e. The van der Waals surface area contributed by atoms with Crippen LogP contribution in [-0.4, -0.2) is 16.0 Å². The minimum Gasteiger partial charge on any atom is -0.389 e. The molecule has 132 valence electrons. The van der Waals surface area contributed by atoms with E-state index in [1.165, 1.54) is 43.4 Å². The Morgan fingerprint density at radius 1 is 0.870 bits per heavy atom. The minimum atomic E-state index is -0.526. The summed E-state index contributed by atoms with van der Waals surface area (Å²) in [5, 5.41) is 11.6. The molecule has 1 unspecified atom stereocenters. The van der Waals surface area contributed by atoms with Crippen LogP contribution in [0.15, 0.2) is 35.2 Å². The van der Waals surface area contributed by atoms with Gasteiger partial charge in [0.05, 0.1) is 5.60 Å². The third-order valence-electron chi connectivity index (χ3n) is 4.74. The van der Waals surface area contributed by atoms with Gasteiger partial charge in [-0.15, -0.1) is 11.8 Å². The van der Waals surface area contributed by atoms with E-state index in [1.807, 2.05) is 11.8 Å². The first kappa shape index (κ1) is 20.6. The van der Waals surface area contributed by atoms with Gasteiger partial charge in [0, 0.05) is 10.1 Å². The van der Waals surface area contributed by atoms with Crippen LogP contribution in [0.1, 0.15) is 85.0 Å². The molecule has 0 aliphatic rings. The minimum absolute atomic E-state index is 0.244. The lowest BCUT2D eigenvalue weighted by atomic mass is 9.87. The van der Waals surface area contributed by atoms with Crippen molar-refractivity contribution in [3.63, 3.8) is 0 Å². The van der Waals surface area contributed by atoms with E-state index >= 15 is 0 Å². The van der Waals surface area contributed by atoms with Crippen molar-refractivity contribution in [1.29, 1.82) is 0 Å². The van der Waals surface area contributed by atoms with Crippen LogP contribution >= 0.6 is 11.8 Å². The van der Waals surface area contributed by atoms with E-state index in [2.05, 4.69) is 51.1 Å². The highest BCUT2D eigenvalue weighted by molar-refractivity contribution is 8.00. The average Bonchev–Trinajstić information content (AvgIpc) is 2.56. The van der Waals surface area contributed by atoms with Crippen molar-refractivity contribution in [2.24, 2.45) is 0 Å². The molecule has 0 amide bonds. The standard InChI is InChI=1S/C21H36OS/c1-4-6-8-13-17-21(22,18-14-9-7-5-2)19(3)23-20-15-11-10-12-16-20/h10-12,15-16,19,22H,4-9,13-14,17-18H2,1-3H3. The van der Waals surface area contributed by atoms with Gasteiger partial charge in [0.1, 0.15) is 0 Å². The van der Waals surface area contributed by atoms with Gasteiger partial charge in [-0.1, -0.05) is 90.3 Å². The van der Waals surface area contributed by atoms with Crippen LogP contribution in [0, 0.1) is 0 Å². The van der Waals surface area contributed by atoms with Crippen LogP contribution in [0.5, 0.6) is 0 Å². The Hall–Kier alpha value is -0.470. The van der Waals surface area contributed by atoms with Crippen molar-refractivity contribution in [1.82, 2.24) is 0 Å². The lowest BCUT2D eigenvalue weighted by Gasteiger charge is -2.34. The zero-order valence-electron chi connectivity index (χ0n) is 15.4. The normalized spacial score (nSPS) is 13.2. The first-order valence-corrected chi connectivity index (χ1v) is 10.4. The van der Waals surface area contributed by atoms with Crippen LogP contribution in [0.2, 0.25) is 0 Å². The van der Waals surface area contributed by atoms with Gasteiger partial charge in [0.2, 0.25) is 0 Å². The topological polar surface area (TPSA) is 20.2 Å². The molecule has 0 saturated carbocycles. The third-order valence-corrected chi connectivity index (χ3v) is 6.08. The molecule has 0 aliphatic heterocycles. The Morgan fingerprint density at radius 2 is 1.39 bits per heavy atom. The molecule has 1 atom stereocenters. The first-order chi connectivity index (χ1) is 11.1. The highest BCUT2D eigenvalue weighted by atomic mass is 32.2. The summed E-state index contributed by atoms with van der Waals surface area (Å²) >= 11 is 1.83. The summed E-state index contributed by atoms with van der Waals surface area (Å²) in [5.41, 5.74) is -0.526. The molecular weight excluding hydrogens is 300 g/mol. The largest absolute Gasteiger partial charge is 0.389 e. The molecule has 0 fully saturated rings. The van der Waals surface area contributed by atoms with E-state index in [0.29, 0.717) is 0 Å². The van der Waals surface area contributed by atoms with Gasteiger partial charge in [0.15, 0.2) is 0 Å². The highest BCUT2D eigenvalue weighted by Crippen LogP contribution is 2.36. The van der Waals surface area contributed by atoms with Crippen LogP contribution in [0.4, 0.5) is 0 Å². The van der Waals surface area contributed by atoms with E-state index < -0.39 is 5.60 Å². The molecule has 0 heterocycles. The number of unbranched alkanes of at least 4 members (excludes halogenated alkanes) is 6. The SMILES string of the molecule is CCCCCCC(O)(CCCCCC)C(C)Sc1ccccc1. The number of benzene rings is 1. The van der Waals surface area contributed by atoms with E-state index in [-0.39, 0.29) is 5.25 Å². The second-order valence-electron chi connectivity index (χ2n) is 6.80. The van der Waals surface area contributed by atoms with E-state index in [0.717, 1.165) is 25.7 Å². The Bertz CT molecular complexity index is 378. The van der Waals surface area contributed by atoms with Gasteiger partial charge in [-0.3, -0.25) is 0 Å². The van der Waals surface area contributed by atoms with Crippen molar-refractivity contribution < 1.29 is 5.11 Å². The maximum absolute atomic E-state index is 11.3. The molecule has 2 heteroatoms. The quantitative estimate of drug-likeness (QED) is 0.314. The molecule has 0 aromatic heterocycles. The molecule has 1 rings (SSSR count). The van der Waals surface area contributed by atoms with E-state index in [1.54, 1.807) is 0 Å². The number of thioether (sulfide) groups is 1. The molecule has 1 aromatic carbocycles. The van der Waals surface area contributed by atoms with E-state index in [4.69, 9.17) is 0 Å². The summed E-state index contributed by atoms with van der Waals surface area (Å²) in [6, 6.07) is 10.5. The molecule has 1 aromatic rings. The molecule has 0 saturated heterocycles. The second kappa shape index (κ2) is 12.0. The molecule has 23 heavy (non-hydrogen) atoms. The van der Waals surface area contributed by atoms with Crippen molar-refractivity contribution in [3.05, 3.63) is 30.3 Å². The van der Waals surface area contributed by atoms with Crippen molar-refractivity contribution >= 4 is 11.8 Å². The average molecular weight is 337 g/mol. The first-order valence-electron chi connectivity index (χ1n) is 9.56. The monoisotopic (exact) mass is 336 g/mol. The molecule has 0 spiro atoms. The molecule has 1 nitrogen and oxygen atoms in total. The van der Waals surface area contributed by atoms with Gasteiger partial charge >= 0.3 is 0 Å². The zero-order chi connectivity index (χ0) is 17.0. The van der Waals surface area contributed by atoms with Crippen molar-refractivity contribution in [3.8, 4) is 0 Å². The van der Waals surface area contributed by atoms with Crippen LogP contribution in [0.25, 0.3) is 0 Å². The van der Waals surface area contributed by atoms with Crippen molar-refractivity contribution in [2.75, 3.05) is 0 Å². The van der Waals surface area contributed by atoms with Gasteiger partial charge in [-0.05, 0) is 25.0 Å². The van der Waals surface area contributed by atoms with Crippen molar-refractivity contribution in [2.45, 2.75) is 101 Å². The zero-order valence-corrected chi connectivity index (χ0v) is 16.2. The molecule has 0 bridgehead atoms. The van der Waals surface area contributed by atoms with Crippen LogP contribution in [-0.2, 0) is 0 Å². The number of hydrogen-bond donors (Lipinski definition) is 1. The Kier molecular flexibility index (Phi) is 10.7. The van der Waals surface area contributed by atoms with Gasteiger partial charge in [-0.2, -0.15) is 0 Å². The fraction of sp³-hybridized carbons (Fsp3) is 0.714. The predicted octanol–water partition coefficient (Wildman–Crippen LogP) is 6.84. The highest BCUT2D eigenvalue weighted by Gasteiger charge is 2.33. The summed E-state index contributed by atoms with van der Waals surface area (Å²) in [5.74, 6) is 0. The Labute approximate surface area is 148 Å². The molecule has 1 N–H and O–H groups in total. The fourth-order valence-corrected chi connectivity index (χ4v) is 4.24. The Balaban J connectivity index is 2.59. The Morgan fingerprint density at radius 3 is 1.87 bits per heavy atom.